The van der Waals surface area contributed by atoms with E-state index in [1.54, 1.807) is 11.8 Å². The molecule has 3 nitrogen and oxygen atoms in total. The van der Waals surface area contributed by atoms with Crippen molar-refractivity contribution >= 4 is 11.8 Å². The Morgan fingerprint density at radius 3 is 2.59 bits per heavy atom. The first-order valence-electron chi connectivity index (χ1n) is 5.32. The lowest BCUT2D eigenvalue weighted by atomic mass is 10.0. The van der Waals surface area contributed by atoms with Crippen molar-refractivity contribution in [2.75, 3.05) is 18.1 Å². The van der Waals surface area contributed by atoms with Gasteiger partial charge < -0.3 is 4.74 Å². The summed E-state index contributed by atoms with van der Waals surface area (Å²) < 4.78 is 31.8. The number of hydrogen-bond donors (Lipinski definition) is 2. The maximum Gasteiger partial charge on any atom is 0.126 e. The SMILES string of the molecule is NNC(c1cc(F)cc(F)c1)C1CSCCO1. The van der Waals surface area contributed by atoms with Gasteiger partial charge in [0.25, 0.3) is 0 Å². The van der Waals surface area contributed by atoms with Crippen LogP contribution in [0, 0.1) is 11.6 Å². The van der Waals surface area contributed by atoms with Gasteiger partial charge in [-0.15, -0.1) is 0 Å². The second-order valence-electron chi connectivity index (χ2n) is 3.83. The van der Waals surface area contributed by atoms with E-state index in [1.165, 1.54) is 12.1 Å². The molecule has 17 heavy (non-hydrogen) atoms. The number of rotatable bonds is 3. The van der Waals surface area contributed by atoms with Gasteiger partial charge in [0.05, 0.1) is 18.8 Å². The molecule has 94 valence electrons. The second-order valence-corrected chi connectivity index (χ2v) is 4.98. The number of halogens is 2. The van der Waals surface area contributed by atoms with Gasteiger partial charge in [0.1, 0.15) is 11.6 Å². The molecule has 1 aromatic rings. The van der Waals surface area contributed by atoms with E-state index < -0.39 is 17.7 Å². The minimum atomic E-state index is -0.608. The zero-order valence-electron chi connectivity index (χ0n) is 9.16. The molecule has 1 aliphatic heterocycles. The molecule has 0 aliphatic carbocycles. The normalized spacial score (nSPS) is 22.4. The summed E-state index contributed by atoms with van der Waals surface area (Å²) in [5, 5.41) is 0. The van der Waals surface area contributed by atoms with Crippen LogP contribution < -0.4 is 11.3 Å². The highest BCUT2D eigenvalue weighted by molar-refractivity contribution is 7.99. The fraction of sp³-hybridized carbons (Fsp3) is 0.455. The van der Waals surface area contributed by atoms with Gasteiger partial charge in [-0.2, -0.15) is 11.8 Å². The van der Waals surface area contributed by atoms with Gasteiger partial charge in [-0.25, -0.2) is 8.78 Å². The van der Waals surface area contributed by atoms with E-state index in [-0.39, 0.29) is 6.10 Å². The topological polar surface area (TPSA) is 47.3 Å². The number of ether oxygens (including phenoxy) is 1. The molecule has 0 amide bonds. The number of hydrazine groups is 1. The fourth-order valence-corrected chi connectivity index (χ4v) is 2.77. The predicted molar refractivity (Wildman–Crippen MR) is 63.5 cm³/mol. The number of hydrogen-bond acceptors (Lipinski definition) is 4. The zero-order valence-corrected chi connectivity index (χ0v) is 9.97. The number of nitrogens with two attached hydrogens (primary N) is 1. The Bertz CT molecular complexity index is 365. The number of nitrogens with one attached hydrogen (secondary N) is 1. The molecule has 2 atom stereocenters. The molecule has 1 heterocycles. The van der Waals surface area contributed by atoms with E-state index in [1.807, 2.05) is 0 Å². The molecule has 0 radical (unpaired) electrons. The smallest absolute Gasteiger partial charge is 0.126 e. The molecule has 0 saturated carbocycles. The molecule has 3 N–H and O–H groups in total. The first-order chi connectivity index (χ1) is 8.20. The maximum atomic E-state index is 13.1. The summed E-state index contributed by atoms with van der Waals surface area (Å²) in [6, 6.07) is 2.99. The van der Waals surface area contributed by atoms with Crippen molar-refractivity contribution in [3.05, 3.63) is 35.4 Å². The summed E-state index contributed by atoms with van der Waals surface area (Å²) in [6.45, 7) is 0.630. The van der Waals surface area contributed by atoms with Crippen molar-refractivity contribution in [2.45, 2.75) is 12.1 Å². The van der Waals surface area contributed by atoms with Gasteiger partial charge in [0.2, 0.25) is 0 Å². The lowest BCUT2D eigenvalue weighted by Gasteiger charge is -2.30. The molecular formula is C11H14F2N2OS. The quantitative estimate of drug-likeness (QED) is 0.640. The summed E-state index contributed by atoms with van der Waals surface area (Å²) in [7, 11) is 0. The largest absolute Gasteiger partial charge is 0.374 e. The van der Waals surface area contributed by atoms with Crippen LogP contribution in [0.25, 0.3) is 0 Å². The van der Waals surface area contributed by atoms with E-state index in [4.69, 9.17) is 10.6 Å². The van der Waals surface area contributed by atoms with Crippen LogP contribution in [0.3, 0.4) is 0 Å². The fourth-order valence-electron chi connectivity index (χ4n) is 1.87. The number of thioether (sulfide) groups is 1. The third-order valence-corrected chi connectivity index (χ3v) is 3.66. The summed E-state index contributed by atoms with van der Waals surface area (Å²) >= 11 is 1.74. The van der Waals surface area contributed by atoms with E-state index in [9.17, 15) is 8.78 Å². The lowest BCUT2D eigenvalue weighted by molar-refractivity contribution is 0.0466. The van der Waals surface area contributed by atoms with Crippen LogP contribution in [0.5, 0.6) is 0 Å². The Labute approximate surface area is 103 Å². The maximum absolute atomic E-state index is 13.1. The highest BCUT2D eigenvalue weighted by atomic mass is 32.2. The molecule has 1 aromatic carbocycles. The molecule has 6 heteroatoms. The van der Waals surface area contributed by atoms with E-state index in [0.29, 0.717) is 12.2 Å². The Morgan fingerprint density at radius 1 is 1.35 bits per heavy atom. The van der Waals surface area contributed by atoms with Crippen LogP contribution in [0.2, 0.25) is 0 Å². The summed E-state index contributed by atoms with van der Waals surface area (Å²) in [6.07, 6.45) is -0.167. The third-order valence-electron chi connectivity index (χ3n) is 2.64. The molecule has 1 aliphatic rings. The molecule has 2 rings (SSSR count). The van der Waals surface area contributed by atoms with Crippen LogP contribution in [0.15, 0.2) is 18.2 Å². The standard InChI is InChI=1S/C11H14F2N2OS/c12-8-3-7(4-9(13)5-8)11(15-14)10-6-17-2-1-16-10/h3-5,10-11,15H,1-2,6,14H2. The van der Waals surface area contributed by atoms with Gasteiger partial charge in [0.15, 0.2) is 0 Å². The van der Waals surface area contributed by atoms with Crippen molar-refractivity contribution in [1.29, 1.82) is 0 Å². The summed E-state index contributed by atoms with van der Waals surface area (Å²) in [4.78, 5) is 0. The third kappa shape index (κ3) is 3.16. The summed E-state index contributed by atoms with van der Waals surface area (Å²) in [5.74, 6) is 5.93. The first-order valence-corrected chi connectivity index (χ1v) is 6.47. The Hall–Kier alpha value is -0.690. The second kappa shape index (κ2) is 5.77. The molecular weight excluding hydrogens is 246 g/mol. The minimum Gasteiger partial charge on any atom is -0.374 e. The molecule has 1 saturated heterocycles. The van der Waals surface area contributed by atoms with Crippen molar-refractivity contribution in [2.24, 2.45) is 5.84 Å². The Kier molecular flexibility index (Phi) is 4.33. The lowest BCUT2D eigenvalue weighted by Crippen LogP contribution is -2.41. The van der Waals surface area contributed by atoms with Crippen LogP contribution >= 0.6 is 11.8 Å². The van der Waals surface area contributed by atoms with Gasteiger partial charge in [-0.1, -0.05) is 0 Å². The van der Waals surface area contributed by atoms with E-state index >= 15 is 0 Å². The highest BCUT2D eigenvalue weighted by Gasteiger charge is 2.26. The van der Waals surface area contributed by atoms with Gasteiger partial charge in [0, 0.05) is 17.6 Å². The molecule has 0 bridgehead atoms. The van der Waals surface area contributed by atoms with E-state index in [0.717, 1.165) is 17.6 Å². The van der Waals surface area contributed by atoms with Crippen molar-refractivity contribution in [3.8, 4) is 0 Å². The van der Waals surface area contributed by atoms with Crippen LogP contribution in [0.4, 0.5) is 8.78 Å². The zero-order chi connectivity index (χ0) is 12.3. The van der Waals surface area contributed by atoms with Gasteiger partial charge in [-0.05, 0) is 17.7 Å². The first kappa shape index (κ1) is 12.8. The average molecular weight is 260 g/mol. The van der Waals surface area contributed by atoms with Crippen LogP contribution in [-0.4, -0.2) is 24.2 Å². The minimum absolute atomic E-state index is 0.167. The molecule has 1 fully saturated rings. The highest BCUT2D eigenvalue weighted by Crippen LogP contribution is 2.26. The van der Waals surface area contributed by atoms with Crippen LogP contribution in [0.1, 0.15) is 11.6 Å². The average Bonchev–Trinajstić information content (AvgIpc) is 2.30. The van der Waals surface area contributed by atoms with Crippen molar-refractivity contribution in [1.82, 2.24) is 5.43 Å². The van der Waals surface area contributed by atoms with Crippen molar-refractivity contribution in [3.63, 3.8) is 0 Å². The van der Waals surface area contributed by atoms with E-state index in [2.05, 4.69) is 5.43 Å². The summed E-state index contributed by atoms with van der Waals surface area (Å²) in [5.41, 5.74) is 3.04. The molecule has 2 unspecified atom stereocenters. The monoisotopic (exact) mass is 260 g/mol. The predicted octanol–water partition coefficient (Wildman–Crippen LogP) is 1.60. The van der Waals surface area contributed by atoms with Gasteiger partial charge >= 0.3 is 0 Å². The van der Waals surface area contributed by atoms with Crippen LogP contribution in [-0.2, 0) is 4.74 Å². The van der Waals surface area contributed by atoms with Gasteiger partial charge in [-0.3, -0.25) is 11.3 Å². The molecule has 0 aromatic heterocycles. The Morgan fingerprint density at radius 2 is 2.06 bits per heavy atom. The van der Waals surface area contributed by atoms with Crippen molar-refractivity contribution < 1.29 is 13.5 Å². The molecule has 0 spiro atoms. The Balaban J connectivity index is 2.21. The number of benzene rings is 1.